The molecular formula is C19H20N4O3. The van der Waals surface area contributed by atoms with Crippen LogP contribution in [-0.2, 0) is 9.53 Å². The van der Waals surface area contributed by atoms with Crippen LogP contribution >= 0.6 is 0 Å². The molecule has 0 saturated carbocycles. The molecule has 2 amide bonds. The van der Waals surface area contributed by atoms with Gasteiger partial charge in [-0.05, 0) is 36.2 Å². The molecule has 1 saturated heterocycles. The van der Waals surface area contributed by atoms with Crippen LogP contribution < -0.4 is 15.5 Å². The Morgan fingerprint density at radius 1 is 1.31 bits per heavy atom. The summed E-state index contributed by atoms with van der Waals surface area (Å²) in [5.74, 6) is 0.409. The van der Waals surface area contributed by atoms with Crippen LogP contribution in [0.5, 0.6) is 0 Å². The Balaban J connectivity index is 1.50. The summed E-state index contributed by atoms with van der Waals surface area (Å²) >= 11 is 0. The van der Waals surface area contributed by atoms with Gasteiger partial charge in [0, 0.05) is 25.5 Å². The second kappa shape index (κ2) is 6.76. The monoisotopic (exact) mass is 352 g/mol. The summed E-state index contributed by atoms with van der Waals surface area (Å²) in [5.41, 5.74) is 2.21. The molecule has 0 radical (unpaired) electrons. The molecule has 2 aliphatic rings. The predicted molar refractivity (Wildman–Crippen MR) is 96.8 cm³/mol. The summed E-state index contributed by atoms with van der Waals surface area (Å²) in [6.45, 7) is 1.12. The SMILES string of the molecule is CN1c2ncccc2C(=O)NC1c1ccc(NC(=O)C2CCOC2)cc1. The van der Waals surface area contributed by atoms with E-state index < -0.39 is 0 Å². The molecule has 7 heteroatoms. The lowest BCUT2D eigenvalue weighted by Gasteiger charge is -2.35. The molecule has 7 nitrogen and oxygen atoms in total. The van der Waals surface area contributed by atoms with Gasteiger partial charge in [-0.2, -0.15) is 0 Å². The molecule has 1 aromatic carbocycles. The van der Waals surface area contributed by atoms with E-state index in [1.165, 1.54) is 0 Å². The van der Waals surface area contributed by atoms with E-state index >= 15 is 0 Å². The normalized spacial score (nSPS) is 21.9. The van der Waals surface area contributed by atoms with E-state index in [-0.39, 0.29) is 23.9 Å². The molecule has 3 heterocycles. The molecular weight excluding hydrogens is 332 g/mol. The van der Waals surface area contributed by atoms with Gasteiger partial charge in [-0.15, -0.1) is 0 Å². The first kappa shape index (κ1) is 16.5. The van der Waals surface area contributed by atoms with E-state index in [1.807, 2.05) is 36.2 Å². The standard InChI is InChI=1S/C19H20N4O3/c1-23-16(22-19(25)15-3-2-9-20-17(15)23)12-4-6-14(7-5-12)21-18(24)13-8-10-26-11-13/h2-7,9,13,16H,8,10-11H2,1H3,(H,21,24)(H,22,25). The van der Waals surface area contributed by atoms with E-state index in [4.69, 9.17) is 4.74 Å². The van der Waals surface area contributed by atoms with Gasteiger partial charge in [-0.3, -0.25) is 9.59 Å². The molecule has 2 aromatic rings. The highest BCUT2D eigenvalue weighted by Gasteiger charge is 2.30. The van der Waals surface area contributed by atoms with Gasteiger partial charge < -0.3 is 20.3 Å². The van der Waals surface area contributed by atoms with Gasteiger partial charge in [-0.25, -0.2) is 4.98 Å². The number of amides is 2. The topological polar surface area (TPSA) is 83.6 Å². The third-order valence-electron chi connectivity index (χ3n) is 4.81. The van der Waals surface area contributed by atoms with Gasteiger partial charge in [0.25, 0.3) is 5.91 Å². The third-order valence-corrected chi connectivity index (χ3v) is 4.81. The van der Waals surface area contributed by atoms with Gasteiger partial charge in [0.05, 0.1) is 18.1 Å². The van der Waals surface area contributed by atoms with Gasteiger partial charge in [0.2, 0.25) is 5.91 Å². The van der Waals surface area contributed by atoms with Crippen LogP contribution in [0.4, 0.5) is 11.5 Å². The van der Waals surface area contributed by atoms with Crippen LogP contribution in [-0.4, -0.2) is 37.1 Å². The number of carbonyl (C=O) groups excluding carboxylic acids is 2. The lowest BCUT2D eigenvalue weighted by Crippen LogP contribution is -2.45. The highest BCUT2D eigenvalue weighted by Crippen LogP contribution is 2.30. The minimum atomic E-state index is -0.308. The van der Waals surface area contributed by atoms with Crippen molar-refractivity contribution in [3.05, 3.63) is 53.7 Å². The molecule has 0 spiro atoms. The van der Waals surface area contributed by atoms with Crippen LogP contribution in [0.3, 0.4) is 0 Å². The first-order valence-electron chi connectivity index (χ1n) is 8.61. The number of fused-ring (bicyclic) bond motifs is 1. The average Bonchev–Trinajstić information content (AvgIpc) is 3.20. The highest BCUT2D eigenvalue weighted by molar-refractivity contribution is 6.01. The lowest BCUT2D eigenvalue weighted by atomic mass is 10.1. The van der Waals surface area contributed by atoms with Crippen molar-refractivity contribution in [2.75, 3.05) is 30.5 Å². The second-order valence-corrected chi connectivity index (χ2v) is 6.53. The Bertz CT molecular complexity index is 831. The Morgan fingerprint density at radius 3 is 2.85 bits per heavy atom. The van der Waals surface area contributed by atoms with Crippen molar-refractivity contribution in [2.24, 2.45) is 5.92 Å². The molecule has 0 bridgehead atoms. The maximum absolute atomic E-state index is 12.3. The minimum Gasteiger partial charge on any atom is -0.381 e. The Labute approximate surface area is 151 Å². The number of hydrogen-bond donors (Lipinski definition) is 2. The fourth-order valence-corrected chi connectivity index (χ4v) is 3.32. The first-order chi connectivity index (χ1) is 12.6. The molecule has 134 valence electrons. The molecule has 2 aliphatic heterocycles. The Kier molecular flexibility index (Phi) is 4.30. The number of anilines is 2. The molecule has 1 fully saturated rings. The second-order valence-electron chi connectivity index (χ2n) is 6.53. The Morgan fingerprint density at radius 2 is 2.12 bits per heavy atom. The fourth-order valence-electron chi connectivity index (χ4n) is 3.32. The average molecular weight is 352 g/mol. The van der Waals surface area contributed by atoms with Crippen molar-refractivity contribution in [3.8, 4) is 0 Å². The number of aromatic nitrogens is 1. The van der Waals surface area contributed by atoms with E-state index in [9.17, 15) is 9.59 Å². The number of benzene rings is 1. The smallest absolute Gasteiger partial charge is 0.256 e. The molecule has 2 atom stereocenters. The number of ether oxygens (including phenoxy) is 1. The summed E-state index contributed by atoms with van der Waals surface area (Å²) in [7, 11) is 1.89. The van der Waals surface area contributed by atoms with Crippen LogP contribution in [0.2, 0.25) is 0 Å². The zero-order chi connectivity index (χ0) is 18.1. The summed E-state index contributed by atoms with van der Waals surface area (Å²) < 4.78 is 5.25. The van der Waals surface area contributed by atoms with Gasteiger partial charge in [0.15, 0.2) is 0 Å². The number of nitrogens with zero attached hydrogens (tertiary/aromatic N) is 2. The van der Waals surface area contributed by atoms with Crippen molar-refractivity contribution in [2.45, 2.75) is 12.6 Å². The number of carbonyl (C=O) groups is 2. The van der Waals surface area contributed by atoms with Crippen LogP contribution in [0, 0.1) is 5.92 Å². The summed E-state index contributed by atoms with van der Waals surface area (Å²) in [6, 6.07) is 11.0. The zero-order valence-corrected chi connectivity index (χ0v) is 14.4. The zero-order valence-electron chi connectivity index (χ0n) is 14.4. The van der Waals surface area contributed by atoms with Crippen molar-refractivity contribution >= 4 is 23.3 Å². The maximum Gasteiger partial charge on any atom is 0.256 e. The minimum absolute atomic E-state index is 0.0172. The van der Waals surface area contributed by atoms with Crippen LogP contribution in [0.1, 0.15) is 28.5 Å². The summed E-state index contributed by atoms with van der Waals surface area (Å²) in [6.07, 6.45) is 2.13. The lowest BCUT2D eigenvalue weighted by molar-refractivity contribution is -0.119. The van der Waals surface area contributed by atoms with Crippen molar-refractivity contribution in [3.63, 3.8) is 0 Å². The third kappa shape index (κ3) is 3.01. The molecule has 2 unspecified atom stereocenters. The molecule has 26 heavy (non-hydrogen) atoms. The van der Waals surface area contributed by atoms with Crippen molar-refractivity contribution in [1.29, 1.82) is 0 Å². The van der Waals surface area contributed by atoms with E-state index in [0.717, 1.165) is 17.7 Å². The highest BCUT2D eigenvalue weighted by atomic mass is 16.5. The molecule has 1 aromatic heterocycles. The van der Waals surface area contributed by atoms with Crippen molar-refractivity contribution < 1.29 is 14.3 Å². The number of rotatable bonds is 3. The largest absolute Gasteiger partial charge is 0.381 e. The van der Waals surface area contributed by atoms with Crippen LogP contribution in [0.15, 0.2) is 42.6 Å². The van der Waals surface area contributed by atoms with E-state index in [0.29, 0.717) is 24.6 Å². The van der Waals surface area contributed by atoms with Gasteiger partial charge in [-0.1, -0.05) is 12.1 Å². The van der Waals surface area contributed by atoms with Crippen LogP contribution in [0.25, 0.3) is 0 Å². The summed E-state index contributed by atoms with van der Waals surface area (Å²) in [4.78, 5) is 30.8. The summed E-state index contributed by atoms with van der Waals surface area (Å²) in [5, 5.41) is 5.90. The van der Waals surface area contributed by atoms with E-state index in [2.05, 4.69) is 15.6 Å². The quantitative estimate of drug-likeness (QED) is 0.882. The maximum atomic E-state index is 12.3. The molecule has 2 N–H and O–H groups in total. The van der Waals surface area contributed by atoms with Crippen molar-refractivity contribution in [1.82, 2.24) is 10.3 Å². The Hall–Kier alpha value is -2.93. The van der Waals surface area contributed by atoms with Gasteiger partial charge in [0.1, 0.15) is 12.0 Å². The predicted octanol–water partition coefficient (Wildman–Crippen LogP) is 1.93. The van der Waals surface area contributed by atoms with Gasteiger partial charge >= 0.3 is 0 Å². The fraction of sp³-hybridized carbons (Fsp3) is 0.316. The number of nitrogens with one attached hydrogen (secondary N) is 2. The number of hydrogen-bond acceptors (Lipinski definition) is 5. The molecule has 0 aliphatic carbocycles. The van der Waals surface area contributed by atoms with E-state index in [1.54, 1.807) is 18.3 Å². The first-order valence-corrected chi connectivity index (χ1v) is 8.61. The molecule has 4 rings (SSSR count). The number of pyridine rings is 1.